The number of amides is 1. The molecule has 0 spiro atoms. The van der Waals surface area contributed by atoms with Gasteiger partial charge in [0.25, 0.3) is 11.9 Å². The topological polar surface area (TPSA) is 120 Å². The van der Waals surface area contributed by atoms with Crippen molar-refractivity contribution in [2.24, 2.45) is 0 Å². The molecule has 0 aliphatic carbocycles. The number of nitrogens with zero attached hydrogens (tertiary/aromatic N) is 2. The van der Waals surface area contributed by atoms with Crippen LogP contribution < -0.4 is 15.8 Å². The lowest BCUT2D eigenvalue weighted by Crippen LogP contribution is -2.16. The Morgan fingerprint density at radius 3 is 2.75 bits per heavy atom. The summed E-state index contributed by atoms with van der Waals surface area (Å²) in [6, 6.07) is 4.75. The molecule has 0 atom stereocenters. The van der Waals surface area contributed by atoms with Crippen molar-refractivity contribution in [3.8, 4) is 5.75 Å². The second-order valence-electron chi connectivity index (χ2n) is 3.96. The van der Waals surface area contributed by atoms with Crippen molar-refractivity contribution in [1.82, 2.24) is 10.1 Å². The first-order valence-corrected chi connectivity index (χ1v) is 5.66. The molecule has 8 heteroatoms. The number of nitrogen functional groups attached to an aromatic ring is 1. The van der Waals surface area contributed by atoms with Gasteiger partial charge in [-0.3, -0.25) is 14.9 Å². The molecule has 8 nitrogen and oxygen atoms in total. The normalized spacial score (nSPS) is 10.1. The molecular formula is C12H12N4O4. The van der Waals surface area contributed by atoms with Crippen LogP contribution in [-0.2, 0) is 4.79 Å². The van der Waals surface area contributed by atoms with Gasteiger partial charge >= 0.3 is 12.0 Å². The van der Waals surface area contributed by atoms with E-state index in [-0.39, 0.29) is 23.3 Å². The first kappa shape index (κ1) is 13.5. The fourth-order valence-electron chi connectivity index (χ4n) is 1.57. The summed E-state index contributed by atoms with van der Waals surface area (Å²) >= 11 is 0. The van der Waals surface area contributed by atoms with E-state index in [9.17, 15) is 9.59 Å². The van der Waals surface area contributed by atoms with Crippen LogP contribution in [-0.4, -0.2) is 22.0 Å². The van der Waals surface area contributed by atoms with Gasteiger partial charge in [-0.2, -0.15) is 4.98 Å². The minimum Gasteiger partial charge on any atom is -0.426 e. The van der Waals surface area contributed by atoms with Crippen molar-refractivity contribution in [2.75, 3.05) is 11.1 Å². The second kappa shape index (κ2) is 5.39. The molecule has 0 saturated heterocycles. The number of carbonyl (C=O) groups is 2. The number of ether oxygens (including phenoxy) is 1. The Bertz CT molecular complexity index is 665. The van der Waals surface area contributed by atoms with Crippen LogP contribution in [0.1, 0.15) is 22.8 Å². The molecule has 0 fully saturated rings. The van der Waals surface area contributed by atoms with Crippen molar-refractivity contribution < 1.29 is 18.8 Å². The lowest BCUT2D eigenvalue weighted by Gasteiger charge is -2.10. The van der Waals surface area contributed by atoms with Crippen LogP contribution in [0.15, 0.2) is 22.7 Å². The van der Waals surface area contributed by atoms with Crippen molar-refractivity contribution >= 4 is 23.8 Å². The molecule has 0 unspecified atom stereocenters. The predicted octanol–water partition coefficient (Wildman–Crippen LogP) is 1.14. The number of hydrogen-bond donors (Lipinski definition) is 2. The molecule has 1 aromatic carbocycles. The van der Waals surface area contributed by atoms with Gasteiger partial charge in [-0.25, -0.2) is 0 Å². The van der Waals surface area contributed by atoms with Gasteiger partial charge in [-0.1, -0.05) is 12.1 Å². The first-order valence-electron chi connectivity index (χ1n) is 5.66. The summed E-state index contributed by atoms with van der Waals surface area (Å²) in [7, 11) is 0. The van der Waals surface area contributed by atoms with Gasteiger partial charge in [-0.15, -0.1) is 0 Å². The number of hydrogen-bond acceptors (Lipinski definition) is 7. The molecule has 0 bridgehead atoms. The number of anilines is 2. The summed E-state index contributed by atoms with van der Waals surface area (Å²) < 4.78 is 9.59. The smallest absolute Gasteiger partial charge is 0.320 e. The number of benzene rings is 1. The highest BCUT2D eigenvalue weighted by Crippen LogP contribution is 2.24. The lowest BCUT2D eigenvalue weighted by atomic mass is 10.1. The van der Waals surface area contributed by atoms with E-state index in [1.54, 1.807) is 19.1 Å². The van der Waals surface area contributed by atoms with Gasteiger partial charge in [-0.05, 0) is 23.7 Å². The number of nitrogens with two attached hydrogens (primary N) is 1. The summed E-state index contributed by atoms with van der Waals surface area (Å²) in [5.74, 6) is -0.931. The maximum absolute atomic E-state index is 12.1. The SMILES string of the molecule is CC(=O)Oc1c(C)cccc1C(=O)Nc1noc(N)n1. The van der Waals surface area contributed by atoms with Gasteiger partial charge in [0, 0.05) is 6.92 Å². The van der Waals surface area contributed by atoms with Gasteiger partial charge in [0.1, 0.15) is 5.75 Å². The molecule has 1 amide bonds. The van der Waals surface area contributed by atoms with Crippen LogP contribution in [0.5, 0.6) is 5.75 Å². The van der Waals surface area contributed by atoms with Crippen molar-refractivity contribution in [3.05, 3.63) is 29.3 Å². The number of para-hydroxylation sites is 1. The van der Waals surface area contributed by atoms with Gasteiger partial charge in [0.05, 0.1) is 5.56 Å². The van der Waals surface area contributed by atoms with E-state index >= 15 is 0 Å². The average molecular weight is 276 g/mol. The van der Waals surface area contributed by atoms with E-state index < -0.39 is 11.9 Å². The fourth-order valence-corrected chi connectivity index (χ4v) is 1.57. The number of aromatic nitrogens is 2. The Balaban J connectivity index is 2.29. The zero-order valence-corrected chi connectivity index (χ0v) is 10.8. The zero-order chi connectivity index (χ0) is 14.7. The van der Waals surface area contributed by atoms with Crippen LogP contribution >= 0.6 is 0 Å². The highest BCUT2D eigenvalue weighted by molar-refractivity contribution is 6.06. The molecule has 0 radical (unpaired) electrons. The molecule has 0 aliphatic heterocycles. The molecule has 1 aromatic heterocycles. The summed E-state index contributed by atoms with van der Waals surface area (Å²) in [6.45, 7) is 2.98. The highest BCUT2D eigenvalue weighted by Gasteiger charge is 2.18. The number of esters is 1. The fraction of sp³-hybridized carbons (Fsp3) is 0.167. The quantitative estimate of drug-likeness (QED) is 0.636. The summed E-state index contributed by atoms with van der Waals surface area (Å²) in [4.78, 5) is 26.9. The molecule has 3 N–H and O–H groups in total. The Labute approximate surface area is 113 Å². The molecular weight excluding hydrogens is 264 g/mol. The number of aryl methyl sites for hydroxylation is 1. The largest absolute Gasteiger partial charge is 0.426 e. The molecule has 2 rings (SSSR count). The van der Waals surface area contributed by atoms with E-state index in [2.05, 4.69) is 20.0 Å². The average Bonchev–Trinajstić information content (AvgIpc) is 2.76. The van der Waals surface area contributed by atoms with Crippen molar-refractivity contribution in [3.63, 3.8) is 0 Å². The third kappa shape index (κ3) is 2.91. The molecule has 2 aromatic rings. The standard InChI is InChI=1S/C12H12N4O4/c1-6-4-3-5-8(9(6)19-7(2)17)10(18)14-12-15-11(13)20-16-12/h3-5H,1-2H3,(H3,13,14,15,16,18). The van der Waals surface area contributed by atoms with Crippen LogP contribution in [0.3, 0.4) is 0 Å². The molecule has 1 heterocycles. The molecule has 104 valence electrons. The maximum atomic E-state index is 12.1. The number of nitrogens with one attached hydrogen (secondary N) is 1. The van der Waals surface area contributed by atoms with Crippen LogP contribution in [0, 0.1) is 6.92 Å². The van der Waals surface area contributed by atoms with E-state index in [0.717, 1.165) is 0 Å². The predicted molar refractivity (Wildman–Crippen MR) is 69.2 cm³/mol. The van der Waals surface area contributed by atoms with Crippen molar-refractivity contribution in [2.45, 2.75) is 13.8 Å². The first-order chi connectivity index (χ1) is 9.47. The van der Waals surface area contributed by atoms with Crippen molar-refractivity contribution in [1.29, 1.82) is 0 Å². The molecule has 0 aliphatic rings. The Morgan fingerprint density at radius 2 is 2.15 bits per heavy atom. The van der Waals surface area contributed by atoms with E-state index in [1.807, 2.05) is 0 Å². The van der Waals surface area contributed by atoms with Gasteiger partial charge < -0.3 is 15.0 Å². The van der Waals surface area contributed by atoms with Gasteiger partial charge in [0.15, 0.2) is 0 Å². The van der Waals surface area contributed by atoms with Crippen LogP contribution in [0.25, 0.3) is 0 Å². The highest BCUT2D eigenvalue weighted by atomic mass is 16.5. The maximum Gasteiger partial charge on any atom is 0.320 e. The Kier molecular flexibility index (Phi) is 3.65. The lowest BCUT2D eigenvalue weighted by molar-refractivity contribution is -0.131. The minimum absolute atomic E-state index is 0.0669. The van der Waals surface area contributed by atoms with E-state index in [0.29, 0.717) is 5.56 Å². The Hall–Kier alpha value is -2.90. The summed E-state index contributed by atoms with van der Waals surface area (Å²) in [6.07, 6.45) is 0. The van der Waals surface area contributed by atoms with Crippen LogP contribution in [0.2, 0.25) is 0 Å². The second-order valence-corrected chi connectivity index (χ2v) is 3.96. The van der Waals surface area contributed by atoms with Crippen LogP contribution in [0.4, 0.5) is 12.0 Å². The Morgan fingerprint density at radius 1 is 1.40 bits per heavy atom. The summed E-state index contributed by atoms with van der Waals surface area (Å²) in [5.41, 5.74) is 6.09. The minimum atomic E-state index is -0.536. The van der Waals surface area contributed by atoms with E-state index in [4.69, 9.17) is 10.5 Å². The third-order valence-corrected chi connectivity index (χ3v) is 2.37. The number of rotatable bonds is 3. The third-order valence-electron chi connectivity index (χ3n) is 2.37. The zero-order valence-electron chi connectivity index (χ0n) is 10.8. The monoisotopic (exact) mass is 276 g/mol. The molecule has 20 heavy (non-hydrogen) atoms. The molecule has 0 saturated carbocycles. The van der Waals surface area contributed by atoms with E-state index in [1.165, 1.54) is 13.0 Å². The summed E-state index contributed by atoms with van der Waals surface area (Å²) in [5, 5.41) is 5.84. The van der Waals surface area contributed by atoms with Gasteiger partial charge in [0.2, 0.25) is 0 Å². The number of carbonyl (C=O) groups excluding carboxylic acids is 2.